The van der Waals surface area contributed by atoms with Crippen molar-refractivity contribution in [1.29, 1.82) is 10.7 Å². The van der Waals surface area contributed by atoms with E-state index in [9.17, 15) is 27.6 Å². The highest BCUT2D eigenvalue weighted by Crippen LogP contribution is 2.46. The molecular weight excluding hydrogens is 580 g/mol. The number of nitriles is 1. The van der Waals surface area contributed by atoms with Crippen LogP contribution in [-0.2, 0) is 16.4 Å². The minimum absolute atomic E-state index is 0.105. The number of carbonyl (C=O) groups excluding carboxylic acids is 1. The number of piperidine rings is 1. The predicted molar refractivity (Wildman–Crippen MR) is 167 cm³/mol. The molecule has 0 amide bonds. The van der Waals surface area contributed by atoms with Gasteiger partial charge in [0, 0.05) is 30.0 Å². The zero-order valence-corrected chi connectivity index (χ0v) is 25.0. The second-order valence-electron chi connectivity index (χ2n) is 12.2. The molecule has 1 saturated heterocycles. The first kappa shape index (κ1) is 32.2. The van der Waals surface area contributed by atoms with Gasteiger partial charge in [0.25, 0.3) is 0 Å². The van der Waals surface area contributed by atoms with Crippen molar-refractivity contribution in [2.45, 2.75) is 62.6 Å². The maximum atomic E-state index is 13.9. The number of hydrogen-bond donors (Lipinski definition) is 1. The van der Waals surface area contributed by atoms with Crippen LogP contribution in [0.3, 0.4) is 0 Å². The van der Waals surface area contributed by atoms with Gasteiger partial charge in [0.2, 0.25) is 0 Å². The molecule has 0 radical (unpaired) electrons. The van der Waals surface area contributed by atoms with Gasteiger partial charge in [-0.1, -0.05) is 49.2 Å². The average Bonchev–Trinajstić information content (AvgIpc) is 3.59. The number of Topliss-reactive ketones (excluding diaryl/α,β-unsaturated/α-hetero) is 1. The first-order valence-corrected chi connectivity index (χ1v) is 15.3. The molecule has 2 fully saturated rings. The SMILES string of the molecule is C=NCC(CC(=O)C(=N)c1ccc(F)c(C(F)(F)F)c1)C1(c2ccc(-c3cccc(C#N)c3)cc2)CCN(C2CCCC2)CC1. The summed E-state index contributed by atoms with van der Waals surface area (Å²) in [4.78, 5) is 20.3. The van der Waals surface area contributed by atoms with Crippen LogP contribution in [0.25, 0.3) is 11.1 Å². The standard InChI is InChI=1S/C36H36F4N4O/c1-43-23-29(21-33(45)34(42)27-11-14-32(37)31(20-27)36(38,39)40)35(15-17-44(18-16-35)30-7-2-3-8-30)28-12-9-25(10-13-28)26-6-4-5-24(19-26)22-41/h4-6,9-14,19-20,29-30,42H,1-3,7-8,15-18,21,23H2. The first-order valence-electron chi connectivity index (χ1n) is 15.3. The zero-order chi connectivity index (χ0) is 32.2. The molecule has 1 aliphatic heterocycles. The minimum Gasteiger partial charge on any atom is -0.301 e. The van der Waals surface area contributed by atoms with Crippen molar-refractivity contribution in [2.24, 2.45) is 10.9 Å². The number of aliphatic imine (C=N–C) groups is 1. The van der Waals surface area contributed by atoms with Crippen LogP contribution < -0.4 is 0 Å². The summed E-state index contributed by atoms with van der Waals surface area (Å²) in [5, 5.41) is 17.8. The largest absolute Gasteiger partial charge is 0.419 e. The van der Waals surface area contributed by atoms with E-state index in [1.54, 1.807) is 6.07 Å². The second-order valence-corrected chi connectivity index (χ2v) is 12.2. The van der Waals surface area contributed by atoms with Gasteiger partial charge in [0.1, 0.15) is 11.5 Å². The van der Waals surface area contributed by atoms with Gasteiger partial charge in [0.15, 0.2) is 5.78 Å². The molecule has 2 aliphatic rings. The van der Waals surface area contributed by atoms with Crippen LogP contribution in [-0.4, -0.2) is 48.8 Å². The van der Waals surface area contributed by atoms with Crippen molar-refractivity contribution in [3.63, 3.8) is 0 Å². The number of alkyl halides is 3. The topological polar surface area (TPSA) is 80.3 Å². The molecule has 0 aromatic heterocycles. The highest BCUT2D eigenvalue weighted by Gasteiger charge is 2.45. The molecule has 1 atom stereocenters. The maximum absolute atomic E-state index is 13.9. The van der Waals surface area contributed by atoms with Gasteiger partial charge in [-0.25, -0.2) is 4.39 Å². The molecule has 0 spiro atoms. The van der Waals surface area contributed by atoms with E-state index < -0.39 is 34.5 Å². The molecule has 5 nitrogen and oxygen atoms in total. The number of halogens is 4. The highest BCUT2D eigenvalue weighted by atomic mass is 19.4. The van der Waals surface area contributed by atoms with Gasteiger partial charge in [-0.2, -0.15) is 18.4 Å². The molecule has 234 valence electrons. The third-order valence-corrected chi connectivity index (χ3v) is 9.72. The second kappa shape index (κ2) is 13.5. The van der Waals surface area contributed by atoms with E-state index in [0.717, 1.165) is 48.7 Å². The fraction of sp³-hybridized carbons (Fsp3) is 0.389. The zero-order valence-electron chi connectivity index (χ0n) is 25.0. The summed E-state index contributed by atoms with van der Waals surface area (Å²) in [5.41, 5.74) is 0.612. The number of hydrogen-bond acceptors (Lipinski definition) is 5. The van der Waals surface area contributed by atoms with Gasteiger partial charge in [0.05, 0.1) is 17.2 Å². The molecule has 1 aliphatic carbocycles. The van der Waals surface area contributed by atoms with Crippen molar-refractivity contribution >= 4 is 18.2 Å². The number of nitrogens with one attached hydrogen (secondary N) is 1. The Morgan fingerprint density at radius 1 is 1.04 bits per heavy atom. The van der Waals surface area contributed by atoms with Crippen LogP contribution in [0.15, 0.2) is 71.7 Å². The Morgan fingerprint density at radius 2 is 1.73 bits per heavy atom. The fourth-order valence-corrected chi connectivity index (χ4v) is 7.23. The summed E-state index contributed by atoms with van der Waals surface area (Å²) in [6.45, 7) is 5.62. The molecular formula is C36H36F4N4O. The Kier molecular flexibility index (Phi) is 9.64. The molecule has 3 aromatic rings. The molecule has 3 aromatic carbocycles. The minimum atomic E-state index is -4.95. The quantitative estimate of drug-likeness (QED) is 0.185. The van der Waals surface area contributed by atoms with Crippen LogP contribution in [0.5, 0.6) is 0 Å². The van der Waals surface area contributed by atoms with Gasteiger partial charge in [-0.05, 0) is 98.4 Å². The molecule has 9 heteroatoms. The third-order valence-electron chi connectivity index (χ3n) is 9.72. The molecule has 1 unspecified atom stereocenters. The summed E-state index contributed by atoms with van der Waals surface area (Å²) in [6, 6.07) is 20.4. The lowest BCUT2D eigenvalue weighted by atomic mass is 9.62. The van der Waals surface area contributed by atoms with Gasteiger partial charge in [-0.3, -0.25) is 10.2 Å². The van der Waals surface area contributed by atoms with Crippen molar-refractivity contribution in [1.82, 2.24) is 4.90 Å². The summed E-state index contributed by atoms with van der Waals surface area (Å²) < 4.78 is 54.0. The lowest BCUT2D eigenvalue weighted by Gasteiger charge is -2.48. The van der Waals surface area contributed by atoms with Crippen LogP contribution in [0, 0.1) is 28.5 Å². The molecule has 1 saturated carbocycles. The van der Waals surface area contributed by atoms with E-state index in [0.29, 0.717) is 23.7 Å². The number of carbonyl (C=O) groups is 1. The van der Waals surface area contributed by atoms with Crippen LogP contribution in [0.2, 0.25) is 0 Å². The lowest BCUT2D eigenvalue weighted by molar-refractivity contribution is -0.140. The van der Waals surface area contributed by atoms with Crippen molar-refractivity contribution in [3.05, 3.63) is 94.8 Å². The summed E-state index contributed by atoms with van der Waals surface area (Å²) in [5.74, 6) is -2.43. The normalized spacial score (nSPS) is 17.8. The average molecular weight is 617 g/mol. The number of benzene rings is 3. The predicted octanol–water partition coefficient (Wildman–Crippen LogP) is 8.00. The lowest BCUT2D eigenvalue weighted by Crippen LogP contribution is -2.50. The van der Waals surface area contributed by atoms with E-state index in [-0.39, 0.29) is 24.4 Å². The number of ketones is 1. The number of likely N-dealkylation sites (tertiary alicyclic amines) is 1. The van der Waals surface area contributed by atoms with E-state index in [1.165, 1.54) is 25.7 Å². The first-order chi connectivity index (χ1) is 21.6. The molecule has 1 heterocycles. The summed E-state index contributed by atoms with van der Waals surface area (Å²) in [6.07, 6.45) is 1.25. The molecule has 0 bridgehead atoms. The van der Waals surface area contributed by atoms with Gasteiger partial charge >= 0.3 is 6.18 Å². The van der Waals surface area contributed by atoms with E-state index in [2.05, 4.69) is 34.8 Å². The number of nitrogens with zero attached hydrogens (tertiary/aromatic N) is 3. The Hall–Kier alpha value is -4.16. The van der Waals surface area contributed by atoms with Crippen LogP contribution >= 0.6 is 0 Å². The van der Waals surface area contributed by atoms with E-state index in [4.69, 9.17) is 5.41 Å². The van der Waals surface area contributed by atoms with Crippen LogP contribution in [0.4, 0.5) is 17.6 Å². The summed E-state index contributed by atoms with van der Waals surface area (Å²) >= 11 is 0. The Morgan fingerprint density at radius 3 is 2.36 bits per heavy atom. The smallest absolute Gasteiger partial charge is 0.301 e. The van der Waals surface area contributed by atoms with Gasteiger partial charge in [-0.15, -0.1) is 0 Å². The van der Waals surface area contributed by atoms with Gasteiger partial charge < -0.3 is 9.89 Å². The fourth-order valence-electron chi connectivity index (χ4n) is 7.23. The maximum Gasteiger partial charge on any atom is 0.419 e. The van der Waals surface area contributed by atoms with E-state index in [1.807, 2.05) is 30.3 Å². The third kappa shape index (κ3) is 6.91. The highest BCUT2D eigenvalue weighted by molar-refractivity contribution is 6.45. The Labute approximate surface area is 261 Å². The summed E-state index contributed by atoms with van der Waals surface area (Å²) in [7, 11) is 0. The van der Waals surface area contributed by atoms with Crippen molar-refractivity contribution in [2.75, 3.05) is 19.6 Å². The van der Waals surface area contributed by atoms with Crippen LogP contribution in [0.1, 0.15) is 67.2 Å². The molecule has 1 N–H and O–H groups in total. The number of rotatable bonds is 10. The Bertz CT molecular complexity index is 1590. The molecule has 45 heavy (non-hydrogen) atoms. The Balaban J connectivity index is 1.46. The van der Waals surface area contributed by atoms with E-state index >= 15 is 0 Å². The van der Waals surface area contributed by atoms with Crippen molar-refractivity contribution in [3.8, 4) is 17.2 Å². The monoisotopic (exact) mass is 616 g/mol. The van der Waals surface area contributed by atoms with Crippen molar-refractivity contribution < 1.29 is 22.4 Å². The molecule has 5 rings (SSSR count).